The van der Waals surface area contributed by atoms with Crippen LogP contribution in [0.4, 0.5) is 5.88 Å². The SMILES string of the molecule is CC(=O)Nc1o[nH]c(=O)c1Cl. The van der Waals surface area contributed by atoms with E-state index in [9.17, 15) is 9.59 Å². The molecular formula is C5H5ClN2O3. The monoisotopic (exact) mass is 176 g/mol. The van der Waals surface area contributed by atoms with Crippen molar-refractivity contribution in [3.05, 3.63) is 15.4 Å². The lowest BCUT2D eigenvalue weighted by molar-refractivity contribution is -0.114. The highest BCUT2D eigenvalue weighted by Gasteiger charge is 2.09. The summed E-state index contributed by atoms with van der Waals surface area (Å²) in [6.45, 7) is 1.28. The van der Waals surface area contributed by atoms with Gasteiger partial charge in [0.1, 0.15) is 0 Å². The van der Waals surface area contributed by atoms with Crippen LogP contribution in [0.3, 0.4) is 0 Å². The molecule has 1 amide bonds. The van der Waals surface area contributed by atoms with E-state index in [0.29, 0.717) is 0 Å². The Morgan fingerprint density at radius 1 is 1.73 bits per heavy atom. The molecule has 1 heterocycles. The number of aromatic nitrogens is 1. The molecule has 0 saturated carbocycles. The second-order valence-electron chi connectivity index (χ2n) is 1.86. The molecule has 6 heteroatoms. The third kappa shape index (κ3) is 1.62. The predicted octanol–water partition coefficient (Wildman–Crippen LogP) is 0.580. The molecule has 0 aliphatic carbocycles. The average Bonchev–Trinajstić information content (AvgIpc) is 2.18. The van der Waals surface area contributed by atoms with Gasteiger partial charge in [-0.3, -0.25) is 14.9 Å². The molecule has 1 aromatic rings. The van der Waals surface area contributed by atoms with Crippen LogP contribution in [0.15, 0.2) is 9.32 Å². The Bertz CT molecular complexity index is 327. The van der Waals surface area contributed by atoms with E-state index in [1.54, 1.807) is 0 Å². The largest absolute Gasteiger partial charge is 0.359 e. The van der Waals surface area contributed by atoms with Gasteiger partial charge in [-0.1, -0.05) is 11.6 Å². The molecular weight excluding hydrogens is 172 g/mol. The maximum atomic E-state index is 10.6. The van der Waals surface area contributed by atoms with E-state index in [-0.39, 0.29) is 16.8 Å². The van der Waals surface area contributed by atoms with Gasteiger partial charge in [-0.2, -0.15) is 5.16 Å². The third-order valence-corrected chi connectivity index (χ3v) is 1.28. The van der Waals surface area contributed by atoms with Crippen LogP contribution in [0, 0.1) is 0 Å². The first kappa shape index (κ1) is 7.87. The summed E-state index contributed by atoms with van der Waals surface area (Å²) in [4.78, 5) is 21.0. The summed E-state index contributed by atoms with van der Waals surface area (Å²) in [5, 5.41) is 4.04. The summed E-state index contributed by atoms with van der Waals surface area (Å²) in [5.74, 6) is -0.404. The highest BCUT2D eigenvalue weighted by molar-refractivity contribution is 6.33. The minimum Gasteiger partial charge on any atom is -0.359 e. The number of hydrogen-bond donors (Lipinski definition) is 2. The van der Waals surface area contributed by atoms with Crippen molar-refractivity contribution in [2.45, 2.75) is 6.92 Å². The van der Waals surface area contributed by atoms with Gasteiger partial charge in [0.2, 0.25) is 5.91 Å². The van der Waals surface area contributed by atoms with Crippen LogP contribution in [-0.4, -0.2) is 11.1 Å². The fourth-order valence-electron chi connectivity index (χ4n) is 0.530. The van der Waals surface area contributed by atoms with Crippen molar-refractivity contribution in [2.75, 3.05) is 5.32 Å². The van der Waals surface area contributed by atoms with Crippen molar-refractivity contribution in [1.29, 1.82) is 0 Å². The van der Waals surface area contributed by atoms with Crippen molar-refractivity contribution < 1.29 is 9.32 Å². The Morgan fingerprint density at radius 2 is 2.36 bits per heavy atom. The molecule has 5 nitrogen and oxygen atoms in total. The summed E-state index contributed by atoms with van der Waals surface area (Å²) >= 11 is 5.40. The van der Waals surface area contributed by atoms with Gasteiger partial charge in [0, 0.05) is 6.92 Å². The lowest BCUT2D eigenvalue weighted by Crippen LogP contribution is -2.06. The number of halogens is 1. The fraction of sp³-hybridized carbons (Fsp3) is 0.200. The highest BCUT2D eigenvalue weighted by Crippen LogP contribution is 2.14. The van der Waals surface area contributed by atoms with E-state index < -0.39 is 5.56 Å². The zero-order valence-corrected chi connectivity index (χ0v) is 6.36. The van der Waals surface area contributed by atoms with E-state index in [4.69, 9.17) is 11.6 Å². The summed E-state index contributed by atoms with van der Waals surface area (Å²) in [6, 6.07) is 0. The van der Waals surface area contributed by atoms with E-state index in [1.807, 2.05) is 5.16 Å². The first-order valence-electron chi connectivity index (χ1n) is 2.76. The summed E-state index contributed by atoms with van der Waals surface area (Å²) in [7, 11) is 0. The Labute approximate surface area is 66.3 Å². The van der Waals surface area contributed by atoms with E-state index >= 15 is 0 Å². The molecule has 1 rings (SSSR count). The molecule has 0 unspecified atom stereocenters. The maximum absolute atomic E-state index is 10.6. The number of H-pyrrole nitrogens is 1. The molecule has 1 aromatic heterocycles. The van der Waals surface area contributed by atoms with Crippen LogP contribution >= 0.6 is 11.6 Å². The minimum atomic E-state index is -0.560. The van der Waals surface area contributed by atoms with E-state index in [1.165, 1.54) is 6.92 Å². The Kier molecular flexibility index (Phi) is 2.00. The molecule has 0 bridgehead atoms. The molecule has 0 saturated heterocycles. The zero-order chi connectivity index (χ0) is 8.43. The van der Waals surface area contributed by atoms with Gasteiger partial charge in [-0.15, -0.1) is 0 Å². The Morgan fingerprint density at radius 3 is 2.73 bits per heavy atom. The first-order valence-corrected chi connectivity index (χ1v) is 3.13. The molecule has 0 aliphatic rings. The number of rotatable bonds is 1. The van der Waals surface area contributed by atoms with Crippen LogP contribution in [0.1, 0.15) is 6.92 Å². The second kappa shape index (κ2) is 2.79. The molecule has 0 spiro atoms. The molecule has 0 fully saturated rings. The van der Waals surface area contributed by atoms with Gasteiger partial charge in [0.05, 0.1) is 0 Å². The number of amides is 1. The van der Waals surface area contributed by atoms with Crippen molar-refractivity contribution in [1.82, 2.24) is 5.16 Å². The van der Waals surface area contributed by atoms with Crippen LogP contribution in [0.5, 0.6) is 0 Å². The summed E-state index contributed by atoms with van der Waals surface area (Å²) < 4.78 is 4.50. The maximum Gasteiger partial charge on any atom is 0.301 e. The van der Waals surface area contributed by atoms with E-state index in [0.717, 1.165) is 0 Å². The van der Waals surface area contributed by atoms with Crippen LogP contribution in [0.25, 0.3) is 0 Å². The van der Waals surface area contributed by atoms with Crippen LogP contribution in [-0.2, 0) is 4.79 Å². The average molecular weight is 177 g/mol. The van der Waals surface area contributed by atoms with Crippen LogP contribution in [0.2, 0.25) is 5.02 Å². The van der Waals surface area contributed by atoms with Crippen molar-refractivity contribution >= 4 is 23.4 Å². The van der Waals surface area contributed by atoms with Gasteiger partial charge < -0.3 is 4.52 Å². The number of carbonyl (C=O) groups is 1. The third-order valence-electron chi connectivity index (χ3n) is 0.934. The number of nitrogens with one attached hydrogen (secondary N) is 2. The molecule has 0 aromatic carbocycles. The standard InChI is InChI=1S/C5H5ClN2O3/c1-2(9)7-5-3(6)4(10)8-11-5/h1H3,(H,7,9)(H,8,10). The van der Waals surface area contributed by atoms with Gasteiger partial charge >= 0.3 is 5.56 Å². The Balaban J connectivity index is 2.96. The molecule has 11 heavy (non-hydrogen) atoms. The highest BCUT2D eigenvalue weighted by atomic mass is 35.5. The van der Waals surface area contributed by atoms with Gasteiger partial charge in [0.25, 0.3) is 5.88 Å². The molecule has 0 radical (unpaired) electrons. The summed E-state index contributed by atoms with van der Waals surface area (Å²) in [6.07, 6.45) is 0. The molecule has 0 aliphatic heterocycles. The minimum absolute atomic E-state index is 0.0517. The second-order valence-corrected chi connectivity index (χ2v) is 2.24. The normalized spacial score (nSPS) is 9.64. The lowest BCUT2D eigenvalue weighted by Gasteiger charge is -1.92. The van der Waals surface area contributed by atoms with Gasteiger partial charge in [-0.25, -0.2) is 0 Å². The molecule has 2 N–H and O–H groups in total. The van der Waals surface area contributed by atoms with Crippen molar-refractivity contribution in [3.63, 3.8) is 0 Å². The van der Waals surface area contributed by atoms with Gasteiger partial charge in [0.15, 0.2) is 5.02 Å². The zero-order valence-electron chi connectivity index (χ0n) is 5.60. The van der Waals surface area contributed by atoms with Crippen LogP contribution < -0.4 is 10.9 Å². The number of aromatic amines is 1. The predicted molar refractivity (Wildman–Crippen MR) is 38.6 cm³/mol. The van der Waals surface area contributed by atoms with E-state index in [2.05, 4.69) is 9.84 Å². The lowest BCUT2D eigenvalue weighted by atomic mass is 10.6. The van der Waals surface area contributed by atoms with Gasteiger partial charge in [-0.05, 0) is 0 Å². The Hall–Kier alpha value is -1.23. The molecule has 0 atom stereocenters. The quantitative estimate of drug-likeness (QED) is 0.657. The smallest absolute Gasteiger partial charge is 0.301 e. The van der Waals surface area contributed by atoms with Crippen molar-refractivity contribution in [2.24, 2.45) is 0 Å². The summed E-state index contributed by atoms with van der Waals surface area (Å²) in [5.41, 5.74) is -0.560. The topological polar surface area (TPSA) is 75.1 Å². The number of hydrogen-bond acceptors (Lipinski definition) is 3. The fourth-order valence-corrected chi connectivity index (χ4v) is 0.655. The van der Waals surface area contributed by atoms with Crippen molar-refractivity contribution in [3.8, 4) is 0 Å². The number of anilines is 1. The first-order chi connectivity index (χ1) is 5.11. The molecule has 60 valence electrons. The number of carbonyl (C=O) groups excluding carboxylic acids is 1.